The molecular weight excluding hydrogens is 458 g/mol. The van der Waals surface area contributed by atoms with Crippen LogP contribution in [0, 0.1) is 0 Å². The van der Waals surface area contributed by atoms with Gasteiger partial charge in [-0.15, -0.1) is 5.10 Å². The molecule has 2 aromatic heterocycles. The van der Waals surface area contributed by atoms with Crippen molar-refractivity contribution in [2.24, 2.45) is 5.10 Å². The van der Waals surface area contributed by atoms with Crippen LogP contribution in [0.5, 0.6) is 5.75 Å². The number of rotatable bonds is 8. The molecule has 0 spiro atoms. The van der Waals surface area contributed by atoms with Crippen molar-refractivity contribution in [2.75, 3.05) is 19.0 Å². The SMILES string of the molecule is COc1ccc(C2=NN(C(=O)CNc3cccc(-c4nnnn4C4CC4)c3)[C@@H](c3ccco3)C2)cc1. The minimum Gasteiger partial charge on any atom is -0.497 e. The van der Waals surface area contributed by atoms with Crippen molar-refractivity contribution in [3.05, 3.63) is 78.3 Å². The monoisotopic (exact) mass is 483 g/mol. The van der Waals surface area contributed by atoms with Gasteiger partial charge in [0, 0.05) is 17.7 Å². The molecule has 10 heteroatoms. The maximum atomic E-state index is 13.3. The van der Waals surface area contributed by atoms with E-state index in [9.17, 15) is 4.79 Å². The van der Waals surface area contributed by atoms with Crippen molar-refractivity contribution in [3.63, 3.8) is 0 Å². The van der Waals surface area contributed by atoms with Crippen LogP contribution in [0.4, 0.5) is 5.69 Å². The Balaban J connectivity index is 1.20. The normalized spacial score (nSPS) is 17.2. The molecule has 3 heterocycles. The van der Waals surface area contributed by atoms with Crippen LogP contribution in [-0.2, 0) is 4.79 Å². The highest BCUT2D eigenvalue weighted by Crippen LogP contribution is 2.37. The molecule has 0 radical (unpaired) electrons. The first kappa shape index (κ1) is 22.0. The number of carbonyl (C=O) groups excluding carboxylic acids is 1. The molecule has 182 valence electrons. The van der Waals surface area contributed by atoms with Crippen LogP contribution in [0.3, 0.4) is 0 Å². The van der Waals surface area contributed by atoms with Crippen molar-refractivity contribution < 1.29 is 13.9 Å². The van der Waals surface area contributed by atoms with Crippen molar-refractivity contribution in [2.45, 2.75) is 31.3 Å². The summed E-state index contributed by atoms with van der Waals surface area (Å²) in [5, 5.41) is 21.6. The number of nitrogens with one attached hydrogen (secondary N) is 1. The Labute approximate surface area is 207 Å². The average Bonchev–Trinajstić information content (AvgIpc) is 3.32. The highest BCUT2D eigenvalue weighted by atomic mass is 16.5. The topological polar surface area (TPSA) is 111 Å². The van der Waals surface area contributed by atoms with E-state index < -0.39 is 0 Å². The second kappa shape index (κ2) is 9.29. The van der Waals surface area contributed by atoms with E-state index in [4.69, 9.17) is 9.15 Å². The van der Waals surface area contributed by atoms with Crippen LogP contribution >= 0.6 is 0 Å². The fraction of sp³-hybridized carbons (Fsp3) is 0.269. The van der Waals surface area contributed by atoms with E-state index in [1.807, 2.05) is 65.3 Å². The van der Waals surface area contributed by atoms with Gasteiger partial charge in [0.25, 0.3) is 5.91 Å². The van der Waals surface area contributed by atoms with Crippen LogP contribution in [0.1, 0.15) is 42.7 Å². The lowest BCUT2D eigenvalue weighted by molar-refractivity contribution is -0.131. The number of anilines is 1. The van der Waals surface area contributed by atoms with E-state index >= 15 is 0 Å². The van der Waals surface area contributed by atoms with Crippen molar-refractivity contribution >= 4 is 17.3 Å². The lowest BCUT2D eigenvalue weighted by Gasteiger charge is -2.20. The zero-order valence-electron chi connectivity index (χ0n) is 19.7. The van der Waals surface area contributed by atoms with Crippen LogP contribution in [-0.4, -0.2) is 50.5 Å². The number of furan rings is 1. The van der Waals surface area contributed by atoms with Gasteiger partial charge in [-0.25, -0.2) is 9.69 Å². The lowest BCUT2D eigenvalue weighted by Crippen LogP contribution is -2.32. The van der Waals surface area contributed by atoms with Crippen molar-refractivity contribution in [1.29, 1.82) is 0 Å². The number of carbonyl (C=O) groups is 1. The molecule has 1 N–H and O–H groups in total. The van der Waals surface area contributed by atoms with Gasteiger partial charge in [-0.1, -0.05) is 12.1 Å². The van der Waals surface area contributed by atoms with Gasteiger partial charge >= 0.3 is 0 Å². The number of amides is 1. The van der Waals surface area contributed by atoms with E-state index in [2.05, 4.69) is 25.9 Å². The summed E-state index contributed by atoms with van der Waals surface area (Å²) in [6, 6.07) is 19.2. The molecule has 1 amide bonds. The molecule has 2 aromatic carbocycles. The number of tetrazole rings is 1. The number of ether oxygens (including phenoxy) is 1. The van der Waals surface area contributed by atoms with Gasteiger partial charge in [0.1, 0.15) is 17.6 Å². The molecule has 1 aliphatic heterocycles. The first-order valence-electron chi connectivity index (χ1n) is 11.9. The van der Waals surface area contributed by atoms with Crippen LogP contribution in [0.25, 0.3) is 11.4 Å². The largest absolute Gasteiger partial charge is 0.497 e. The summed E-state index contributed by atoms with van der Waals surface area (Å²) in [6.45, 7) is 0.0770. The van der Waals surface area contributed by atoms with Crippen molar-refractivity contribution in [1.82, 2.24) is 25.2 Å². The highest BCUT2D eigenvalue weighted by molar-refractivity contribution is 6.03. The summed E-state index contributed by atoms with van der Waals surface area (Å²) in [7, 11) is 1.63. The number of hydrogen-bond acceptors (Lipinski definition) is 8. The lowest BCUT2D eigenvalue weighted by atomic mass is 10.0. The second-order valence-electron chi connectivity index (χ2n) is 8.86. The van der Waals surface area contributed by atoms with Gasteiger partial charge in [0.05, 0.1) is 31.7 Å². The highest BCUT2D eigenvalue weighted by Gasteiger charge is 2.34. The third-order valence-corrected chi connectivity index (χ3v) is 6.41. The summed E-state index contributed by atoms with van der Waals surface area (Å²) >= 11 is 0. The molecule has 10 nitrogen and oxygen atoms in total. The predicted octanol–water partition coefficient (Wildman–Crippen LogP) is 4.07. The average molecular weight is 484 g/mol. The van der Waals surface area contributed by atoms with Gasteiger partial charge in [-0.2, -0.15) is 5.10 Å². The first-order chi connectivity index (χ1) is 17.7. The number of nitrogens with zero attached hydrogens (tertiary/aromatic N) is 6. The summed E-state index contributed by atoms with van der Waals surface area (Å²) in [4.78, 5) is 13.3. The molecule has 1 aliphatic carbocycles. The number of aromatic nitrogens is 4. The van der Waals surface area contributed by atoms with Crippen LogP contribution in [0.2, 0.25) is 0 Å². The molecule has 1 fully saturated rings. The Morgan fingerprint density at radius 1 is 1.11 bits per heavy atom. The van der Waals surface area contributed by atoms with E-state index in [1.54, 1.807) is 13.4 Å². The van der Waals surface area contributed by atoms with E-state index in [0.717, 1.165) is 46.9 Å². The zero-order chi connectivity index (χ0) is 24.5. The minimum atomic E-state index is -0.305. The fourth-order valence-electron chi connectivity index (χ4n) is 4.38. The van der Waals surface area contributed by atoms with Gasteiger partial charge in [-0.05, 0) is 77.4 Å². The van der Waals surface area contributed by atoms with Crippen molar-refractivity contribution in [3.8, 4) is 17.1 Å². The maximum Gasteiger partial charge on any atom is 0.262 e. The smallest absolute Gasteiger partial charge is 0.262 e. The predicted molar refractivity (Wildman–Crippen MR) is 132 cm³/mol. The minimum absolute atomic E-state index is 0.0770. The first-order valence-corrected chi connectivity index (χ1v) is 11.9. The van der Waals surface area contributed by atoms with E-state index in [1.165, 1.54) is 5.01 Å². The third kappa shape index (κ3) is 4.33. The Morgan fingerprint density at radius 2 is 1.97 bits per heavy atom. The number of hydrogen-bond donors (Lipinski definition) is 1. The van der Waals surface area contributed by atoms with Gasteiger partial charge in [0.2, 0.25) is 0 Å². The Bertz CT molecular complexity index is 1390. The standard InChI is InChI=1S/C26H25N7O3/c1-35-21-11-7-17(8-12-21)22-15-23(24-6-3-13-36-24)33(29-22)25(34)16-27-19-5-2-4-18(14-19)26-28-30-31-32(26)20-9-10-20/h2-8,11-14,20,23,27H,9-10,15-16H2,1H3/t23-/m1/s1. The maximum absolute atomic E-state index is 13.3. The summed E-state index contributed by atoms with van der Waals surface area (Å²) < 4.78 is 12.8. The quantitative estimate of drug-likeness (QED) is 0.402. The van der Waals surface area contributed by atoms with Crippen LogP contribution < -0.4 is 10.1 Å². The van der Waals surface area contributed by atoms with Gasteiger partial charge < -0.3 is 14.5 Å². The fourth-order valence-corrected chi connectivity index (χ4v) is 4.38. The summed E-state index contributed by atoms with van der Waals surface area (Å²) in [5.41, 5.74) is 3.47. The third-order valence-electron chi connectivity index (χ3n) is 6.41. The molecular formula is C26H25N7O3. The number of hydrazone groups is 1. The zero-order valence-corrected chi connectivity index (χ0v) is 19.7. The van der Waals surface area contributed by atoms with Gasteiger partial charge in [0.15, 0.2) is 5.82 Å². The Kier molecular flexibility index (Phi) is 5.68. The van der Waals surface area contributed by atoms with Crippen LogP contribution in [0.15, 0.2) is 76.4 Å². The van der Waals surface area contributed by atoms with Gasteiger partial charge in [-0.3, -0.25) is 4.79 Å². The molecule has 0 saturated heterocycles. The summed E-state index contributed by atoms with van der Waals surface area (Å²) in [6.07, 6.45) is 4.36. The summed E-state index contributed by atoms with van der Waals surface area (Å²) in [5.74, 6) is 2.04. The Hall–Kier alpha value is -4.47. The molecule has 2 aliphatic rings. The molecule has 0 bridgehead atoms. The second-order valence-corrected chi connectivity index (χ2v) is 8.86. The molecule has 36 heavy (non-hydrogen) atoms. The number of methoxy groups -OCH3 is 1. The van der Waals surface area contributed by atoms with E-state index in [0.29, 0.717) is 18.2 Å². The molecule has 6 rings (SSSR count). The Morgan fingerprint density at radius 3 is 2.72 bits per heavy atom. The molecule has 4 aromatic rings. The molecule has 1 saturated carbocycles. The molecule has 1 atom stereocenters. The van der Waals surface area contributed by atoms with E-state index in [-0.39, 0.29) is 18.5 Å². The molecule has 0 unspecified atom stereocenters. The number of benzene rings is 2.